The highest BCUT2D eigenvalue weighted by Crippen LogP contribution is 2.21. The fourth-order valence-electron chi connectivity index (χ4n) is 1.52. The number of aliphatic carboxylic acids is 1. The van der Waals surface area contributed by atoms with E-state index < -0.39 is 16.8 Å². The minimum atomic E-state index is -0.876. The number of rotatable bonds is 7. The molecule has 20 heavy (non-hydrogen) atoms. The van der Waals surface area contributed by atoms with Gasteiger partial charge in [0.1, 0.15) is 0 Å². The third-order valence-electron chi connectivity index (χ3n) is 2.46. The van der Waals surface area contributed by atoms with Crippen LogP contribution in [0.1, 0.15) is 29.6 Å². The number of unbranched alkanes of at least 4 members (excludes halogenated alkanes) is 1. The van der Waals surface area contributed by atoms with Gasteiger partial charge >= 0.3 is 5.97 Å². The van der Waals surface area contributed by atoms with Crippen LogP contribution in [0.2, 0.25) is 0 Å². The summed E-state index contributed by atoms with van der Waals surface area (Å²) in [4.78, 5) is 32.2. The molecule has 1 rings (SSSR count). The molecule has 108 valence electrons. The summed E-state index contributed by atoms with van der Waals surface area (Å²) < 4.78 is 0.447. The molecule has 0 heterocycles. The van der Waals surface area contributed by atoms with Gasteiger partial charge in [-0.25, -0.2) is 0 Å². The summed E-state index contributed by atoms with van der Waals surface area (Å²) >= 11 is 3.11. The molecule has 0 fully saturated rings. The van der Waals surface area contributed by atoms with Crippen LogP contribution in [0.3, 0.4) is 0 Å². The highest BCUT2D eigenvalue weighted by Gasteiger charge is 2.13. The van der Waals surface area contributed by atoms with E-state index in [1.54, 1.807) is 0 Å². The van der Waals surface area contributed by atoms with E-state index in [-0.39, 0.29) is 17.7 Å². The van der Waals surface area contributed by atoms with Crippen LogP contribution < -0.4 is 5.32 Å². The van der Waals surface area contributed by atoms with Crippen molar-refractivity contribution in [2.24, 2.45) is 0 Å². The average Bonchev–Trinajstić information content (AvgIpc) is 2.36. The van der Waals surface area contributed by atoms with Crippen molar-refractivity contribution in [3.05, 3.63) is 38.3 Å². The molecular formula is C12H13BrN2O5. The molecule has 0 aliphatic carbocycles. The van der Waals surface area contributed by atoms with E-state index in [2.05, 4.69) is 21.2 Å². The van der Waals surface area contributed by atoms with E-state index in [0.717, 1.165) is 0 Å². The third kappa shape index (κ3) is 5.35. The Bertz CT molecular complexity index is 533. The second-order valence-corrected chi connectivity index (χ2v) is 4.98. The first kappa shape index (κ1) is 16.1. The van der Waals surface area contributed by atoms with Gasteiger partial charge in [-0.15, -0.1) is 0 Å². The molecule has 0 aliphatic heterocycles. The number of carboxylic acids is 1. The van der Waals surface area contributed by atoms with Gasteiger partial charge in [-0.3, -0.25) is 19.7 Å². The smallest absolute Gasteiger partial charge is 0.303 e. The normalized spacial score (nSPS) is 10.1. The summed E-state index contributed by atoms with van der Waals surface area (Å²) in [6.07, 6.45) is 1.06. The van der Waals surface area contributed by atoms with Crippen molar-refractivity contribution >= 4 is 33.5 Å². The van der Waals surface area contributed by atoms with Gasteiger partial charge in [0.25, 0.3) is 11.6 Å². The van der Waals surface area contributed by atoms with Crippen LogP contribution in [0, 0.1) is 10.1 Å². The van der Waals surface area contributed by atoms with E-state index in [0.29, 0.717) is 23.9 Å². The number of non-ortho nitro benzene ring substituents is 1. The lowest BCUT2D eigenvalue weighted by Gasteiger charge is -2.05. The molecule has 0 aromatic heterocycles. The number of benzene rings is 1. The van der Waals surface area contributed by atoms with Gasteiger partial charge in [-0.1, -0.05) is 15.9 Å². The van der Waals surface area contributed by atoms with Crippen LogP contribution in [0.25, 0.3) is 0 Å². The Hall–Kier alpha value is -1.96. The number of carbonyl (C=O) groups excluding carboxylic acids is 1. The Kier molecular flexibility index (Phi) is 6.10. The van der Waals surface area contributed by atoms with Crippen LogP contribution in [0.4, 0.5) is 5.69 Å². The molecule has 1 amide bonds. The lowest BCUT2D eigenvalue weighted by Crippen LogP contribution is -2.24. The topological polar surface area (TPSA) is 110 Å². The fraction of sp³-hybridized carbons (Fsp3) is 0.333. The molecule has 0 unspecified atom stereocenters. The van der Waals surface area contributed by atoms with Gasteiger partial charge in [-0.2, -0.15) is 0 Å². The van der Waals surface area contributed by atoms with Gasteiger partial charge < -0.3 is 10.4 Å². The van der Waals surface area contributed by atoms with E-state index in [1.807, 2.05) is 0 Å². The zero-order valence-corrected chi connectivity index (χ0v) is 12.1. The van der Waals surface area contributed by atoms with Crippen molar-refractivity contribution in [3.63, 3.8) is 0 Å². The summed E-state index contributed by atoms with van der Waals surface area (Å²) in [6.45, 7) is 0.326. The number of carbonyl (C=O) groups is 2. The SMILES string of the molecule is O=C(O)CCCCNC(=O)c1cc(Br)cc([N+](=O)[O-])c1. The first-order valence-corrected chi connectivity index (χ1v) is 6.64. The summed E-state index contributed by atoms with van der Waals surface area (Å²) in [5.74, 6) is -1.30. The Morgan fingerprint density at radius 2 is 2.00 bits per heavy atom. The minimum Gasteiger partial charge on any atom is -0.481 e. The molecule has 2 N–H and O–H groups in total. The van der Waals surface area contributed by atoms with Crippen LogP contribution in [0.5, 0.6) is 0 Å². The molecule has 0 radical (unpaired) electrons. The number of nitrogens with one attached hydrogen (secondary N) is 1. The van der Waals surface area contributed by atoms with E-state index in [4.69, 9.17) is 5.11 Å². The minimum absolute atomic E-state index is 0.0538. The van der Waals surface area contributed by atoms with E-state index >= 15 is 0 Å². The standard InChI is InChI=1S/C12H13BrN2O5/c13-9-5-8(6-10(7-9)15(19)20)12(18)14-4-2-1-3-11(16)17/h5-7H,1-4H2,(H,14,18)(H,16,17). The summed E-state index contributed by atoms with van der Waals surface area (Å²) in [5, 5.41) is 21.7. The monoisotopic (exact) mass is 344 g/mol. The highest BCUT2D eigenvalue weighted by molar-refractivity contribution is 9.10. The number of carboxylic acid groups (broad SMARTS) is 1. The predicted molar refractivity (Wildman–Crippen MR) is 74.6 cm³/mol. The molecule has 0 spiro atoms. The van der Waals surface area contributed by atoms with Crippen molar-refractivity contribution < 1.29 is 19.6 Å². The van der Waals surface area contributed by atoms with E-state index in [9.17, 15) is 19.7 Å². The van der Waals surface area contributed by atoms with Crippen molar-refractivity contribution in [3.8, 4) is 0 Å². The number of nitro groups is 1. The number of halogens is 1. The zero-order valence-electron chi connectivity index (χ0n) is 10.5. The molecule has 7 nitrogen and oxygen atoms in total. The first-order chi connectivity index (χ1) is 9.40. The number of hydrogen-bond acceptors (Lipinski definition) is 4. The maximum absolute atomic E-state index is 11.8. The first-order valence-electron chi connectivity index (χ1n) is 5.85. The number of nitrogens with zero attached hydrogens (tertiary/aromatic N) is 1. The van der Waals surface area contributed by atoms with Crippen LogP contribution in [-0.2, 0) is 4.79 Å². The molecule has 8 heteroatoms. The Morgan fingerprint density at radius 3 is 2.60 bits per heavy atom. The molecule has 0 bridgehead atoms. The number of amides is 1. The predicted octanol–water partition coefficient (Wildman–Crippen LogP) is 2.34. The highest BCUT2D eigenvalue weighted by atomic mass is 79.9. The van der Waals surface area contributed by atoms with Crippen molar-refractivity contribution in [1.82, 2.24) is 5.32 Å². The second kappa shape index (κ2) is 7.59. The van der Waals surface area contributed by atoms with Crippen molar-refractivity contribution in [2.75, 3.05) is 6.54 Å². The number of hydrogen-bond donors (Lipinski definition) is 2. The molecule has 1 aromatic rings. The van der Waals surface area contributed by atoms with Gasteiger partial charge in [0.2, 0.25) is 0 Å². The Balaban J connectivity index is 2.55. The molecule has 0 atom stereocenters. The number of nitro benzene ring substituents is 1. The second-order valence-electron chi connectivity index (χ2n) is 4.06. The molecule has 0 aliphatic rings. The summed E-state index contributed by atoms with van der Waals surface area (Å²) in [5.41, 5.74) is 0.0136. The lowest BCUT2D eigenvalue weighted by atomic mass is 10.2. The van der Waals surface area contributed by atoms with Crippen LogP contribution >= 0.6 is 15.9 Å². The van der Waals surface area contributed by atoms with Gasteiger partial charge in [0.05, 0.1) is 4.92 Å². The maximum Gasteiger partial charge on any atom is 0.303 e. The molecular weight excluding hydrogens is 332 g/mol. The Labute approximate surface area is 123 Å². The summed E-state index contributed by atoms with van der Waals surface area (Å²) in [6, 6.07) is 3.99. The quantitative estimate of drug-likeness (QED) is 0.448. The molecule has 0 saturated carbocycles. The fourth-order valence-corrected chi connectivity index (χ4v) is 2.00. The maximum atomic E-state index is 11.8. The Morgan fingerprint density at radius 1 is 1.30 bits per heavy atom. The third-order valence-corrected chi connectivity index (χ3v) is 2.92. The average molecular weight is 345 g/mol. The van der Waals surface area contributed by atoms with Gasteiger partial charge in [-0.05, 0) is 18.9 Å². The lowest BCUT2D eigenvalue weighted by molar-refractivity contribution is -0.385. The summed E-state index contributed by atoms with van der Waals surface area (Å²) in [7, 11) is 0. The van der Waals surface area contributed by atoms with Gasteiger partial charge in [0, 0.05) is 35.1 Å². The largest absolute Gasteiger partial charge is 0.481 e. The molecule has 1 aromatic carbocycles. The van der Waals surface area contributed by atoms with Crippen LogP contribution in [-0.4, -0.2) is 28.5 Å². The van der Waals surface area contributed by atoms with E-state index in [1.165, 1.54) is 18.2 Å². The zero-order chi connectivity index (χ0) is 15.1. The van der Waals surface area contributed by atoms with Gasteiger partial charge in [0.15, 0.2) is 0 Å². The van der Waals surface area contributed by atoms with Crippen molar-refractivity contribution in [1.29, 1.82) is 0 Å². The van der Waals surface area contributed by atoms with Crippen LogP contribution in [0.15, 0.2) is 22.7 Å². The molecule has 0 saturated heterocycles. The van der Waals surface area contributed by atoms with Crippen molar-refractivity contribution in [2.45, 2.75) is 19.3 Å².